The lowest BCUT2D eigenvalue weighted by atomic mass is 10.0. The van der Waals surface area contributed by atoms with Crippen LogP contribution in [-0.4, -0.2) is 25.1 Å². The average Bonchev–Trinajstić information content (AvgIpc) is 2.40. The van der Waals surface area contributed by atoms with E-state index in [1.807, 2.05) is 0 Å². The summed E-state index contributed by atoms with van der Waals surface area (Å²) < 4.78 is 29.2. The molecule has 1 unspecified atom stereocenters. The third-order valence-corrected chi connectivity index (χ3v) is 3.31. The number of hydrogen-bond acceptors (Lipinski definition) is 3. The molecule has 0 aliphatic rings. The summed E-state index contributed by atoms with van der Waals surface area (Å²) in [5.41, 5.74) is 7.08. The van der Waals surface area contributed by atoms with Crippen LogP contribution in [0.4, 0.5) is 8.78 Å². The summed E-state index contributed by atoms with van der Waals surface area (Å²) in [6.07, 6.45) is 0.785. The van der Waals surface area contributed by atoms with Crippen LogP contribution < -0.4 is 15.8 Å². The van der Waals surface area contributed by atoms with Crippen LogP contribution in [0.5, 0.6) is 5.75 Å². The maximum absolute atomic E-state index is 12.4. The quantitative estimate of drug-likeness (QED) is 0.813. The van der Waals surface area contributed by atoms with Crippen molar-refractivity contribution in [2.45, 2.75) is 46.8 Å². The number of carbonyl (C=O) groups is 1. The number of rotatable bonds is 7. The topological polar surface area (TPSA) is 64.4 Å². The highest BCUT2D eigenvalue weighted by molar-refractivity contribution is 5.95. The van der Waals surface area contributed by atoms with E-state index in [1.165, 1.54) is 0 Å². The number of nitrogens with two attached hydrogens (primary N) is 1. The Morgan fingerprint density at radius 2 is 1.82 bits per heavy atom. The molecule has 22 heavy (non-hydrogen) atoms. The molecule has 0 radical (unpaired) electrons. The SMILES string of the molecule is Cc1cc(C(=O)NC(CN)CC(C)C)cc(C)c1OC(F)F. The average molecular weight is 314 g/mol. The molecule has 0 saturated carbocycles. The first-order valence-electron chi connectivity index (χ1n) is 7.31. The van der Waals surface area contributed by atoms with E-state index in [9.17, 15) is 13.6 Å². The number of ether oxygens (including phenoxy) is 1. The Hall–Kier alpha value is -1.69. The van der Waals surface area contributed by atoms with E-state index in [-0.39, 0.29) is 17.7 Å². The minimum absolute atomic E-state index is 0.106. The first-order valence-corrected chi connectivity index (χ1v) is 7.31. The molecule has 0 aliphatic carbocycles. The van der Waals surface area contributed by atoms with Gasteiger partial charge < -0.3 is 15.8 Å². The van der Waals surface area contributed by atoms with Crippen LogP contribution in [-0.2, 0) is 0 Å². The van der Waals surface area contributed by atoms with Crippen molar-refractivity contribution in [3.05, 3.63) is 28.8 Å². The molecule has 0 bridgehead atoms. The van der Waals surface area contributed by atoms with Crippen LogP contribution in [0.15, 0.2) is 12.1 Å². The number of hydrogen-bond donors (Lipinski definition) is 2. The van der Waals surface area contributed by atoms with Crippen molar-refractivity contribution in [2.24, 2.45) is 11.7 Å². The van der Waals surface area contributed by atoms with E-state index < -0.39 is 6.61 Å². The van der Waals surface area contributed by atoms with Gasteiger partial charge in [0.25, 0.3) is 5.91 Å². The van der Waals surface area contributed by atoms with Crippen molar-refractivity contribution in [3.63, 3.8) is 0 Å². The zero-order valence-corrected chi connectivity index (χ0v) is 13.5. The molecule has 1 aromatic carbocycles. The van der Waals surface area contributed by atoms with Gasteiger partial charge in [0.2, 0.25) is 0 Å². The van der Waals surface area contributed by atoms with Crippen molar-refractivity contribution >= 4 is 5.91 Å². The summed E-state index contributed by atoms with van der Waals surface area (Å²) in [7, 11) is 0. The van der Waals surface area contributed by atoms with E-state index in [0.29, 0.717) is 29.2 Å². The first kappa shape index (κ1) is 18.4. The highest BCUT2D eigenvalue weighted by Gasteiger charge is 2.17. The van der Waals surface area contributed by atoms with E-state index in [4.69, 9.17) is 5.73 Å². The molecule has 1 atom stereocenters. The van der Waals surface area contributed by atoms with Crippen molar-refractivity contribution in [3.8, 4) is 5.75 Å². The Labute approximate surface area is 130 Å². The van der Waals surface area contributed by atoms with E-state index in [2.05, 4.69) is 23.9 Å². The summed E-state index contributed by atoms with van der Waals surface area (Å²) in [5, 5.41) is 2.88. The van der Waals surface area contributed by atoms with Crippen LogP contribution in [0.1, 0.15) is 41.8 Å². The Balaban J connectivity index is 2.90. The summed E-state index contributed by atoms with van der Waals surface area (Å²) >= 11 is 0. The monoisotopic (exact) mass is 314 g/mol. The lowest BCUT2D eigenvalue weighted by molar-refractivity contribution is -0.0507. The molecule has 0 spiro atoms. The van der Waals surface area contributed by atoms with E-state index >= 15 is 0 Å². The summed E-state index contributed by atoms with van der Waals surface area (Å²) in [4.78, 5) is 12.3. The maximum atomic E-state index is 12.4. The Morgan fingerprint density at radius 3 is 2.23 bits per heavy atom. The largest absolute Gasteiger partial charge is 0.434 e. The molecule has 1 rings (SSSR count). The molecule has 1 amide bonds. The number of benzene rings is 1. The van der Waals surface area contributed by atoms with Crippen molar-refractivity contribution in [2.75, 3.05) is 6.54 Å². The number of nitrogens with one attached hydrogen (secondary N) is 1. The molecule has 4 nitrogen and oxygen atoms in total. The van der Waals surface area contributed by atoms with Gasteiger partial charge in [0.05, 0.1) is 0 Å². The van der Waals surface area contributed by atoms with Gasteiger partial charge >= 0.3 is 6.61 Å². The Bertz CT molecular complexity index is 496. The van der Waals surface area contributed by atoms with Gasteiger partial charge in [-0.3, -0.25) is 4.79 Å². The van der Waals surface area contributed by atoms with Crippen LogP contribution in [0.25, 0.3) is 0 Å². The molecule has 1 aromatic rings. The summed E-state index contributed by atoms with van der Waals surface area (Å²) in [6.45, 7) is 4.85. The van der Waals surface area contributed by atoms with Gasteiger partial charge in [-0.05, 0) is 49.4 Å². The minimum atomic E-state index is -2.88. The highest BCUT2D eigenvalue weighted by atomic mass is 19.3. The van der Waals surface area contributed by atoms with Gasteiger partial charge in [-0.1, -0.05) is 13.8 Å². The molecular formula is C16H24F2N2O2. The molecular weight excluding hydrogens is 290 g/mol. The molecule has 0 aliphatic heterocycles. The summed E-state index contributed by atoms with van der Waals surface area (Å²) in [5.74, 6) is 0.272. The van der Waals surface area contributed by atoms with Gasteiger partial charge in [-0.25, -0.2) is 0 Å². The zero-order valence-electron chi connectivity index (χ0n) is 13.5. The second kappa shape index (κ2) is 8.08. The Morgan fingerprint density at radius 1 is 1.27 bits per heavy atom. The lowest BCUT2D eigenvalue weighted by Gasteiger charge is -2.19. The number of aryl methyl sites for hydroxylation is 2. The molecule has 6 heteroatoms. The molecule has 0 fully saturated rings. The minimum Gasteiger partial charge on any atom is -0.434 e. The van der Waals surface area contributed by atoms with Crippen molar-refractivity contribution in [1.82, 2.24) is 5.32 Å². The predicted octanol–water partition coefficient (Wildman–Crippen LogP) is 3.01. The molecule has 0 saturated heterocycles. The first-order chi connectivity index (χ1) is 10.2. The second-order valence-corrected chi connectivity index (χ2v) is 5.85. The van der Waals surface area contributed by atoms with Crippen LogP contribution in [0, 0.1) is 19.8 Å². The van der Waals surface area contributed by atoms with Gasteiger partial charge in [0, 0.05) is 18.2 Å². The van der Waals surface area contributed by atoms with Crippen LogP contribution in [0.3, 0.4) is 0 Å². The number of alkyl halides is 2. The fraction of sp³-hybridized carbons (Fsp3) is 0.562. The second-order valence-electron chi connectivity index (χ2n) is 5.85. The predicted molar refractivity (Wildman–Crippen MR) is 82.3 cm³/mol. The number of amides is 1. The standard InChI is InChI=1S/C16H24F2N2O2/c1-9(2)5-13(8-19)20-15(21)12-6-10(3)14(11(4)7-12)22-16(17)18/h6-7,9,13,16H,5,8,19H2,1-4H3,(H,20,21). The number of halogens is 2. The fourth-order valence-electron chi connectivity index (χ4n) is 2.41. The van der Waals surface area contributed by atoms with E-state index in [1.54, 1.807) is 26.0 Å². The van der Waals surface area contributed by atoms with Gasteiger partial charge in [0.15, 0.2) is 0 Å². The lowest BCUT2D eigenvalue weighted by Crippen LogP contribution is -2.41. The van der Waals surface area contributed by atoms with Crippen LogP contribution >= 0.6 is 0 Å². The molecule has 0 heterocycles. The zero-order chi connectivity index (χ0) is 16.9. The fourth-order valence-corrected chi connectivity index (χ4v) is 2.41. The smallest absolute Gasteiger partial charge is 0.387 e. The maximum Gasteiger partial charge on any atom is 0.387 e. The molecule has 0 aromatic heterocycles. The Kier molecular flexibility index (Phi) is 6.74. The van der Waals surface area contributed by atoms with Gasteiger partial charge in [-0.2, -0.15) is 8.78 Å². The molecule has 3 N–H and O–H groups in total. The van der Waals surface area contributed by atoms with E-state index in [0.717, 1.165) is 6.42 Å². The van der Waals surface area contributed by atoms with Crippen molar-refractivity contribution < 1.29 is 18.3 Å². The van der Waals surface area contributed by atoms with Gasteiger partial charge in [-0.15, -0.1) is 0 Å². The third-order valence-electron chi connectivity index (χ3n) is 3.31. The summed E-state index contributed by atoms with van der Waals surface area (Å²) in [6, 6.07) is 2.98. The normalized spacial score (nSPS) is 12.6. The van der Waals surface area contributed by atoms with Gasteiger partial charge in [0.1, 0.15) is 5.75 Å². The van der Waals surface area contributed by atoms with Crippen LogP contribution in [0.2, 0.25) is 0 Å². The molecule has 124 valence electrons. The third kappa shape index (κ3) is 5.26. The highest BCUT2D eigenvalue weighted by Crippen LogP contribution is 2.26. The number of carbonyl (C=O) groups excluding carboxylic acids is 1. The van der Waals surface area contributed by atoms with Crippen molar-refractivity contribution in [1.29, 1.82) is 0 Å².